The molecule has 1 fully saturated rings. The van der Waals surface area contributed by atoms with Gasteiger partial charge in [-0.1, -0.05) is 18.2 Å². The molecule has 18 heavy (non-hydrogen) atoms. The monoisotopic (exact) mass is 248 g/mol. The van der Waals surface area contributed by atoms with Gasteiger partial charge in [-0.15, -0.1) is 0 Å². The van der Waals surface area contributed by atoms with Gasteiger partial charge in [0.2, 0.25) is 5.91 Å². The second-order valence-electron chi connectivity index (χ2n) is 4.47. The van der Waals surface area contributed by atoms with Gasteiger partial charge in [0.25, 0.3) is 0 Å². The molecule has 2 N–H and O–H groups in total. The van der Waals surface area contributed by atoms with Gasteiger partial charge in [-0.25, -0.2) is 0 Å². The van der Waals surface area contributed by atoms with E-state index in [0.29, 0.717) is 6.54 Å². The van der Waals surface area contributed by atoms with Gasteiger partial charge < -0.3 is 15.3 Å². The van der Waals surface area contributed by atoms with E-state index in [0.717, 1.165) is 11.3 Å². The minimum atomic E-state index is -0.855. The van der Waals surface area contributed by atoms with Crippen molar-refractivity contribution in [2.24, 2.45) is 0 Å². The second kappa shape index (κ2) is 5.18. The lowest BCUT2D eigenvalue weighted by atomic mass is 10.1. The lowest BCUT2D eigenvalue weighted by molar-refractivity contribution is -0.138. The Labute approximate surface area is 105 Å². The second-order valence-corrected chi connectivity index (χ2v) is 4.47. The van der Waals surface area contributed by atoms with Gasteiger partial charge in [-0.2, -0.15) is 0 Å². The number of carboxylic acid groups (broad SMARTS) is 1. The summed E-state index contributed by atoms with van der Waals surface area (Å²) in [5, 5.41) is 11.7. The van der Waals surface area contributed by atoms with Crippen LogP contribution in [0, 0.1) is 6.92 Å². The van der Waals surface area contributed by atoms with Crippen LogP contribution in [0.25, 0.3) is 0 Å². The van der Waals surface area contributed by atoms with E-state index in [-0.39, 0.29) is 24.9 Å². The Morgan fingerprint density at radius 3 is 2.89 bits per heavy atom. The normalized spacial score (nSPS) is 19.9. The van der Waals surface area contributed by atoms with E-state index in [2.05, 4.69) is 5.32 Å². The van der Waals surface area contributed by atoms with Gasteiger partial charge in [0.15, 0.2) is 0 Å². The summed E-state index contributed by atoms with van der Waals surface area (Å²) in [6.07, 6.45) is 0.0235. The molecule has 5 nitrogen and oxygen atoms in total. The van der Waals surface area contributed by atoms with Crippen molar-refractivity contribution >= 4 is 17.6 Å². The van der Waals surface area contributed by atoms with Crippen LogP contribution < -0.4 is 10.2 Å². The number of piperazine rings is 1. The zero-order chi connectivity index (χ0) is 13.1. The van der Waals surface area contributed by atoms with Crippen LogP contribution in [-0.2, 0) is 9.59 Å². The third-order valence-electron chi connectivity index (χ3n) is 3.07. The van der Waals surface area contributed by atoms with Gasteiger partial charge in [0.1, 0.15) is 0 Å². The molecule has 0 aromatic heterocycles. The van der Waals surface area contributed by atoms with E-state index in [1.807, 2.05) is 31.2 Å². The maximum absolute atomic E-state index is 11.9. The first-order valence-electron chi connectivity index (χ1n) is 5.89. The molecule has 0 radical (unpaired) electrons. The van der Waals surface area contributed by atoms with Crippen LogP contribution in [0.3, 0.4) is 0 Å². The molecule has 1 atom stereocenters. The Bertz CT molecular complexity index is 473. The number of aryl methyl sites for hydroxylation is 1. The lowest BCUT2D eigenvalue weighted by Gasteiger charge is -2.33. The van der Waals surface area contributed by atoms with Crippen LogP contribution in [0.2, 0.25) is 0 Å². The SMILES string of the molecule is Cc1ccccc1N1CC(CC(=O)O)NCC1=O. The summed E-state index contributed by atoms with van der Waals surface area (Å²) in [5.74, 6) is -0.877. The molecule has 1 aliphatic rings. The van der Waals surface area contributed by atoms with Crippen LogP contribution in [0.4, 0.5) is 5.69 Å². The minimum Gasteiger partial charge on any atom is -0.481 e. The largest absolute Gasteiger partial charge is 0.481 e. The molecule has 1 heterocycles. The summed E-state index contributed by atoms with van der Waals surface area (Å²) in [4.78, 5) is 24.3. The minimum absolute atomic E-state index is 0.0223. The van der Waals surface area contributed by atoms with E-state index in [4.69, 9.17) is 5.11 Å². The standard InChI is InChI=1S/C13H16N2O3/c1-9-4-2-3-5-11(9)15-8-10(6-13(17)18)14-7-12(15)16/h2-5,10,14H,6-8H2,1H3,(H,17,18). The average Bonchev–Trinajstić information content (AvgIpc) is 2.32. The van der Waals surface area contributed by atoms with Crippen molar-refractivity contribution in [2.45, 2.75) is 19.4 Å². The number of para-hydroxylation sites is 1. The number of hydrogen-bond donors (Lipinski definition) is 2. The average molecular weight is 248 g/mol. The zero-order valence-corrected chi connectivity index (χ0v) is 10.2. The number of carbonyl (C=O) groups is 2. The maximum Gasteiger partial charge on any atom is 0.304 e. The van der Waals surface area contributed by atoms with Gasteiger partial charge in [-0.3, -0.25) is 9.59 Å². The van der Waals surface area contributed by atoms with Crippen LogP contribution >= 0.6 is 0 Å². The summed E-state index contributed by atoms with van der Waals surface area (Å²) < 4.78 is 0. The van der Waals surface area contributed by atoms with Crippen molar-refractivity contribution in [3.05, 3.63) is 29.8 Å². The van der Waals surface area contributed by atoms with Gasteiger partial charge >= 0.3 is 5.97 Å². The number of nitrogens with one attached hydrogen (secondary N) is 1. The van der Waals surface area contributed by atoms with E-state index < -0.39 is 5.97 Å². The highest BCUT2D eigenvalue weighted by atomic mass is 16.4. The van der Waals surface area contributed by atoms with Crippen LogP contribution in [0.1, 0.15) is 12.0 Å². The van der Waals surface area contributed by atoms with E-state index >= 15 is 0 Å². The molecule has 1 aromatic rings. The summed E-state index contributed by atoms with van der Waals surface area (Å²) >= 11 is 0. The fraction of sp³-hybridized carbons (Fsp3) is 0.385. The third-order valence-corrected chi connectivity index (χ3v) is 3.07. The van der Waals surface area contributed by atoms with Gasteiger partial charge in [0, 0.05) is 18.3 Å². The lowest BCUT2D eigenvalue weighted by Crippen LogP contribution is -2.55. The molecule has 0 saturated carbocycles. The van der Waals surface area contributed by atoms with Crippen molar-refractivity contribution in [2.75, 3.05) is 18.0 Å². The molecule has 0 spiro atoms. The Morgan fingerprint density at radius 1 is 1.50 bits per heavy atom. The quantitative estimate of drug-likeness (QED) is 0.829. The number of nitrogens with zero attached hydrogens (tertiary/aromatic N) is 1. The van der Waals surface area contributed by atoms with Crippen LogP contribution in [-0.4, -0.2) is 36.1 Å². The van der Waals surface area contributed by atoms with Gasteiger partial charge in [-0.05, 0) is 18.6 Å². The smallest absolute Gasteiger partial charge is 0.304 e. The number of benzene rings is 1. The third kappa shape index (κ3) is 2.68. The Kier molecular flexibility index (Phi) is 3.62. The predicted octanol–water partition coefficient (Wildman–Crippen LogP) is 0.775. The molecular weight excluding hydrogens is 232 g/mol. The first kappa shape index (κ1) is 12.6. The fourth-order valence-electron chi connectivity index (χ4n) is 2.16. The summed E-state index contributed by atoms with van der Waals surface area (Å²) in [6.45, 7) is 2.53. The summed E-state index contributed by atoms with van der Waals surface area (Å²) in [7, 11) is 0. The molecule has 0 aliphatic carbocycles. The summed E-state index contributed by atoms with van der Waals surface area (Å²) in [6, 6.07) is 7.43. The van der Waals surface area contributed by atoms with Gasteiger partial charge in [0.05, 0.1) is 13.0 Å². The molecule has 1 aliphatic heterocycles. The highest BCUT2D eigenvalue weighted by Crippen LogP contribution is 2.21. The number of rotatable bonds is 3. The first-order chi connectivity index (χ1) is 8.58. The maximum atomic E-state index is 11.9. The van der Waals surface area contributed by atoms with Crippen molar-refractivity contribution in [3.8, 4) is 0 Å². The fourth-order valence-corrected chi connectivity index (χ4v) is 2.16. The molecule has 2 rings (SSSR count). The molecule has 1 saturated heterocycles. The molecule has 1 amide bonds. The molecule has 0 bridgehead atoms. The molecule has 1 aromatic carbocycles. The van der Waals surface area contributed by atoms with Crippen LogP contribution in [0.15, 0.2) is 24.3 Å². The van der Waals surface area contributed by atoms with Crippen molar-refractivity contribution in [3.63, 3.8) is 0 Å². The zero-order valence-electron chi connectivity index (χ0n) is 10.2. The Balaban J connectivity index is 2.18. The number of anilines is 1. The highest BCUT2D eigenvalue weighted by molar-refractivity contribution is 5.96. The predicted molar refractivity (Wildman–Crippen MR) is 67.6 cm³/mol. The van der Waals surface area contributed by atoms with Crippen molar-refractivity contribution in [1.82, 2.24) is 5.32 Å². The Hall–Kier alpha value is -1.88. The number of carbonyl (C=O) groups excluding carboxylic acids is 1. The van der Waals surface area contributed by atoms with E-state index in [1.54, 1.807) is 4.90 Å². The van der Waals surface area contributed by atoms with Crippen molar-refractivity contribution in [1.29, 1.82) is 0 Å². The number of hydrogen-bond acceptors (Lipinski definition) is 3. The first-order valence-corrected chi connectivity index (χ1v) is 5.89. The van der Waals surface area contributed by atoms with Crippen LogP contribution in [0.5, 0.6) is 0 Å². The molecule has 5 heteroatoms. The molecule has 1 unspecified atom stereocenters. The summed E-state index contributed by atoms with van der Waals surface area (Å²) in [5.41, 5.74) is 1.88. The highest BCUT2D eigenvalue weighted by Gasteiger charge is 2.28. The Morgan fingerprint density at radius 2 is 2.22 bits per heavy atom. The molecule has 96 valence electrons. The topological polar surface area (TPSA) is 69.6 Å². The van der Waals surface area contributed by atoms with Crippen molar-refractivity contribution < 1.29 is 14.7 Å². The van der Waals surface area contributed by atoms with E-state index in [1.165, 1.54) is 0 Å². The molecular formula is C13H16N2O3. The van der Waals surface area contributed by atoms with E-state index in [9.17, 15) is 9.59 Å². The number of aliphatic carboxylic acids is 1. The number of carboxylic acids is 1. The number of amides is 1.